The zero-order chi connectivity index (χ0) is 19.0. The highest BCUT2D eigenvalue weighted by Crippen LogP contribution is 2.28. The summed E-state index contributed by atoms with van der Waals surface area (Å²) in [6, 6.07) is 7.84. The van der Waals surface area contributed by atoms with Gasteiger partial charge in [-0.15, -0.1) is 0 Å². The van der Waals surface area contributed by atoms with Crippen LogP contribution in [0.25, 0.3) is 0 Å². The lowest BCUT2D eigenvalue weighted by Gasteiger charge is -2.16. The third-order valence-corrected chi connectivity index (χ3v) is 2.99. The number of hydrogen-bond acceptors (Lipinski definition) is 3. The highest BCUT2D eigenvalue weighted by atomic mass is 19.4. The Balaban J connectivity index is 3.28. The number of benzene rings is 1. The van der Waals surface area contributed by atoms with Gasteiger partial charge in [-0.2, -0.15) is 18.4 Å². The molecule has 0 bridgehead atoms. The van der Waals surface area contributed by atoms with E-state index < -0.39 is 17.7 Å². The van der Waals surface area contributed by atoms with E-state index in [2.05, 4.69) is 10.6 Å². The molecule has 0 aromatic heterocycles. The number of allylic oxidation sites excluding steroid dienone is 3. The molecule has 0 saturated heterocycles. The minimum atomic E-state index is -4.57. The summed E-state index contributed by atoms with van der Waals surface area (Å²) in [4.78, 5) is 12.3. The molecule has 0 aliphatic heterocycles. The Kier molecular flexibility index (Phi) is 7.24. The minimum absolute atomic E-state index is 0.175. The quantitative estimate of drug-likeness (QED) is 0.594. The van der Waals surface area contributed by atoms with Crippen LogP contribution in [0.2, 0.25) is 0 Å². The van der Waals surface area contributed by atoms with Gasteiger partial charge in [-0.05, 0) is 44.5 Å². The molecule has 1 aromatic carbocycles. The topological polar surface area (TPSA) is 64.9 Å². The van der Waals surface area contributed by atoms with Crippen LogP contribution in [0, 0.1) is 11.3 Å². The van der Waals surface area contributed by atoms with E-state index in [-0.39, 0.29) is 18.2 Å². The number of alkyl halides is 3. The predicted molar refractivity (Wildman–Crippen MR) is 90.6 cm³/mol. The Hall–Kier alpha value is -2.75. The highest BCUT2D eigenvalue weighted by molar-refractivity contribution is 5.97. The van der Waals surface area contributed by atoms with E-state index in [0.29, 0.717) is 11.3 Å². The van der Waals surface area contributed by atoms with Gasteiger partial charge in [-0.3, -0.25) is 4.79 Å². The zero-order valence-electron chi connectivity index (χ0n) is 14.2. The van der Waals surface area contributed by atoms with E-state index >= 15 is 0 Å². The maximum Gasteiger partial charge on any atom is 0.416 e. The number of amides is 1. The van der Waals surface area contributed by atoms with E-state index in [1.54, 1.807) is 39.0 Å². The third-order valence-electron chi connectivity index (χ3n) is 2.99. The fourth-order valence-corrected chi connectivity index (χ4v) is 1.95. The van der Waals surface area contributed by atoms with Crippen LogP contribution in [0.3, 0.4) is 0 Å². The summed E-state index contributed by atoms with van der Waals surface area (Å²) in [6.07, 6.45) is -2.61. The first-order valence-electron chi connectivity index (χ1n) is 7.74. The molecule has 25 heavy (non-hydrogen) atoms. The van der Waals surface area contributed by atoms with E-state index in [1.807, 2.05) is 6.07 Å². The van der Waals surface area contributed by atoms with Gasteiger partial charge in [0.1, 0.15) is 5.70 Å². The molecule has 0 radical (unpaired) electrons. The predicted octanol–water partition coefficient (Wildman–Crippen LogP) is 4.28. The van der Waals surface area contributed by atoms with E-state index in [1.165, 1.54) is 6.07 Å². The molecular formula is C18H20F3N3O. The summed E-state index contributed by atoms with van der Waals surface area (Å²) in [6.45, 7) is 4.99. The van der Waals surface area contributed by atoms with Crippen molar-refractivity contribution in [3.8, 4) is 6.07 Å². The van der Waals surface area contributed by atoms with Crippen LogP contribution in [0.15, 0.2) is 47.7 Å². The van der Waals surface area contributed by atoms with Crippen LogP contribution in [0.1, 0.15) is 32.8 Å². The van der Waals surface area contributed by atoms with Gasteiger partial charge in [0.15, 0.2) is 0 Å². The lowest BCUT2D eigenvalue weighted by atomic mass is 10.1. The summed E-state index contributed by atoms with van der Waals surface area (Å²) in [5.41, 5.74) is -0.482. The molecule has 134 valence electrons. The molecule has 1 aromatic rings. The van der Waals surface area contributed by atoms with Gasteiger partial charge in [0.25, 0.3) is 5.91 Å². The average Bonchev–Trinajstić information content (AvgIpc) is 2.52. The Bertz CT molecular complexity index is 713. The fourth-order valence-electron chi connectivity index (χ4n) is 1.95. The van der Waals surface area contributed by atoms with Gasteiger partial charge in [0, 0.05) is 11.7 Å². The lowest BCUT2D eigenvalue weighted by Crippen LogP contribution is -2.34. The van der Waals surface area contributed by atoms with Crippen LogP contribution in [-0.2, 0) is 4.79 Å². The molecule has 2 N–H and O–H groups in total. The summed E-state index contributed by atoms with van der Waals surface area (Å²) < 4.78 is 39.4. The average molecular weight is 351 g/mol. The normalized spacial score (nSPS) is 12.7. The van der Waals surface area contributed by atoms with Crippen molar-refractivity contribution in [2.24, 2.45) is 0 Å². The molecule has 0 heterocycles. The van der Waals surface area contributed by atoms with Crippen molar-refractivity contribution in [2.75, 3.05) is 5.32 Å². The molecule has 1 rings (SSSR count). The zero-order valence-corrected chi connectivity index (χ0v) is 14.2. The van der Waals surface area contributed by atoms with Gasteiger partial charge in [-0.1, -0.05) is 19.1 Å². The smallest absolute Gasteiger partial charge is 0.351 e. The second-order valence-corrected chi connectivity index (χ2v) is 5.57. The molecule has 0 spiro atoms. The maximum absolute atomic E-state index is 13.1. The van der Waals surface area contributed by atoms with Gasteiger partial charge >= 0.3 is 6.18 Å². The Morgan fingerprint density at radius 1 is 1.36 bits per heavy atom. The summed E-state index contributed by atoms with van der Waals surface area (Å²) in [5.74, 6) is -0.663. The third kappa shape index (κ3) is 6.71. The van der Waals surface area contributed by atoms with Crippen LogP contribution >= 0.6 is 0 Å². The largest absolute Gasteiger partial charge is 0.416 e. The van der Waals surface area contributed by atoms with E-state index in [0.717, 1.165) is 12.2 Å². The maximum atomic E-state index is 13.1. The minimum Gasteiger partial charge on any atom is -0.351 e. The molecule has 0 unspecified atom stereocenters. The van der Waals surface area contributed by atoms with Crippen LogP contribution in [0.4, 0.5) is 18.9 Å². The number of hydrogen-bond donors (Lipinski definition) is 2. The molecule has 4 nitrogen and oxygen atoms in total. The molecule has 0 atom stereocenters. The van der Waals surface area contributed by atoms with E-state index in [4.69, 9.17) is 5.26 Å². The van der Waals surface area contributed by atoms with Crippen molar-refractivity contribution < 1.29 is 18.0 Å². The van der Waals surface area contributed by atoms with Crippen LogP contribution < -0.4 is 10.6 Å². The van der Waals surface area contributed by atoms with Crippen molar-refractivity contribution in [3.63, 3.8) is 0 Å². The van der Waals surface area contributed by atoms with Crippen molar-refractivity contribution in [1.29, 1.82) is 5.26 Å². The number of carbonyl (C=O) groups excluding carboxylic acids is 1. The first-order chi connectivity index (χ1) is 11.7. The van der Waals surface area contributed by atoms with Gasteiger partial charge in [-0.25, -0.2) is 0 Å². The number of carbonyl (C=O) groups is 1. The summed E-state index contributed by atoms with van der Waals surface area (Å²) in [5, 5.41) is 14.2. The van der Waals surface area contributed by atoms with Crippen molar-refractivity contribution in [2.45, 2.75) is 39.4 Å². The van der Waals surface area contributed by atoms with Crippen molar-refractivity contribution >= 4 is 11.6 Å². The first-order valence-corrected chi connectivity index (χ1v) is 7.74. The lowest BCUT2D eigenvalue weighted by molar-refractivity contribution is -0.117. The molecule has 0 aliphatic carbocycles. The van der Waals surface area contributed by atoms with Crippen LogP contribution in [-0.4, -0.2) is 18.1 Å². The molecule has 0 fully saturated rings. The van der Waals surface area contributed by atoms with Crippen molar-refractivity contribution in [3.05, 3.63) is 53.3 Å². The van der Waals surface area contributed by atoms with Crippen molar-refractivity contribution in [1.82, 2.24) is 5.32 Å². The standard InChI is InChI=1S/C18H20F3N3O/c1-4-6-14(18(19,20)21)10-16(17(25)23-12(2)3)24-15-8-5-7-13(9-15)11-22/h5-10,12,24H,4H2,1-3H3,(H,23,25)/b14-6-,16-10-. The van der Waals surface area contributed by atoms with Gasteiger partial charge in [0.2, 0.25) is 0 Å². The van der Waals surface area contributed by atoms with Gasteiger partial charge < -0.3 is 10.6 Å². The van der Waals surface area contributed by atoms with Gasteiger partial charge in [0.05, 0.1) is 17.2 Å². The van der Waals surface area contributed by atoms with E-state index in [9.17, 15) is 18.0 Å². The Morgan fingerprint density at radius 3 is 2.56 bits per heavy atom. The number of nitriles is 1. The Morgan fingerprint density at radius 2 is 2.04 bits per heavy atom. The molecule has 7 heteroatoms. The SMILES string of the molecule is CC/C=C(/C=C(\Nc1cccc(C#N)c1)C(=O)NC(C)C)C(F)(F)F. The monoisotopic (exact) mass is 351 g/mol. The van der Waals surface area contributed by atoms with Crippen LogP contribution in [0.5, 0.6) is 0 Å². The number of halogens is 3. The number of nitrogens with zero attached hydrogens (tertiary/aromatic N) is 1. The molecule has 1 amide bonds. The number of rotatable bonds is 6. The second-order valence-electron chi connectivity index (χ2n) is 5.57. The first kappa shape index (κ1) is 20.3. The molecule has 0 aliphatic rings. The Labute approximate surface area is 145 Å². The summed E-state index contributed by atoms with van der Waals surface area (Å²) in [7, 11) is 0. The number of nitrogens with one attached hydrogen (secondary N) is 2. The highest BCUT2D eigenvalue weighted by Gasteiger charge is 2.32. The second kappa shape index (κ2) is 8.92. The number of anilines is 1. The molecule has 0 saturated carbocycles. The fraction of sp³-hybridized carbons (Fsp3) is 0.333. The molecular weight excluding hydrogens is 331 g/mol. The summed E-state index contributed by atoms with van der Waals surface area (Å²) >= 11 is 0.